The van der Waals surface area contributed by atoms with Gasteiger partial charge in [0, 0.05) is 24.0 Å². The molecule has 0 aliphatic carbocycles. The first-order chi connectivity index (χ1) is 8.69. The number of aryl methyl sites for hydroxylation is 1. The van der Waals surface area contributed by atoms with Gasteiger partial charge >= 0.3 is 0 Å². The maximum Gasteiger partial charge on any atom is 0.123 e. The van der Waals surface area contributed by atoms with Crippen molar-refractivity contribution in [2.24, 2.45) is 0 Å². The number of benzene rings is 2. The number of nitrogens with one attached hydrogen (secondary N) is 2. The van der Waals surface area contributed by atoms with Crippen molar-refractivity contribution in [2.45, 2.75) is 13.5 Å². The topological polar surface area (TPSA) is 35.9 Å². The number of halogens is 1. The fourth-order valence-electron chi connectivity index (χ4n) is 1.81. The van der Waals surface area contributed by atoms with Crippen molar-refractivity contribution in [3.05, 3.63) is 65.0 Å². The van der Waals surface area contributed by atoms with Crippen molar-refractivity contribution in [1.82, 2.24) is 0 Å². The summed E-state index contributed by atoms with van der Waals surface area (Å²) in [5.41, 5.74) is 3.72. The molecular formula is C15H15FN2. The van der Waals surface area contributed by atoms with Gasteiger partial charge in [-0.15, -0.1) is 0 Å². The first-order valence-electron chi connectivity index (χ1n) is 5.78. The van der Waals surface area contributed by atoms with Crippen LogP contribution in [0.5, 0.6) is 0 Å². The molecule has 2 nitrogen and oxygen atoms in total. The van der Waals surface area contributed by atoms with E-state index in [0.29, 0.717) is 6.54 Å². The van der Waals surface area contributed by atoms with Gasteiger partial charge in [0.2, 0.25) is 0 Å². The second kappa shape index (κ2) is 5.45. The van der Waals surface area contributed by atoms with Gasteiger partial charge in [0.1, 0.15) is 5.82 Å². The van der Waals surface area contributed by atoms with Crippen LogP contribution in [-0.2, 0) is 6.54 Å². The van der Waals surface area contributed by atoms with Crippen molar-refractivity contribution < 1.29 is 4.39 Å². The quantitative estimate of drug-likeness (QED) is 0.787. The lowest BCUT2D eigenvalue weighted by Gasteiger charge is -2.10. The predicted molar refractivity (Wildman–Crippen MR) is 72.8 cm³/mol. The van der Waals surface area contributed by atoms with Crippen LogP contribution in [0.15, 0.2) is 42.5 Å². The largest absolute Gasteiger partial charge is 0.380 e. The van der Waals surface area contributed by atoms with E-state index in [0.717, 1.165) is 22.4 Å². The van der Waals surface area contributed by atoms with Crippen molar-refractivity contribution in [3.63, 3.8) is 0 Å². The molecule has 0 aromatic heterocycles. The molecule has 0 atom stereocenters. The average Bonchev–Trinajstić information content (AvgIpc) is 2.37. The van der Waals surface area contributed by atoms with E-state index in [9.17, 15) is 4.39 Å². The van der Waals surface area contributed by atoms with Crippen LogP contribution in [0, 0.1) is 18.2 Å². The molecule has 0 bridgehead atoms. The van der Waals surface area contributed by atoms with Gasteiger partial charge in [-0.3, -0.25) is 0 Å². The third kappa shape index (κ3) is 2.94. The molecular weight excluding hydrogens is 227 g/mol. The summed E-state index contributed by atoms with van der Waals surface area (Å²) < 4.78 is 13.0. The molecule has 0 spiro atoms. The van der Waals surface area contributed by atoms with E-state index in [1.54, 1.807) is 6.07 Å². The van der Waals surface area contributed by atoms with E-state index in [1.807, 2.05) is 31.2 Å². The molecule has 0 amide bonds. The minimum absolute atomic E-state index is 0.231. The Morgan fingerprint density at radius 3 is 2.78 bits per heavy atom. The molecule has 0 unspecified atom stereocenters. The van der Waals surface area contributed by atoms with Crippen LogP contribution in [0.25, 0.3) is 0 Å². The Bertz CT molecular complexity index is 564. The predicted octanol–water partition coefficient (Wildman–Crippen LogP) is 3.74. The van der Waals surface area contributed by atoms with E-state index in [1.165, 1.54) is 18.3 Å². The van der Waals surface area contributed by atoms with Gasteiger partial charge < -0.3 is 10.7 Å². The zero-order chi connectivity index (χ0) is 13.0. The molecule has 3 heteroatoms. The smallest absolute Gasteiger partial charge is 0.123 e. The molecule has 0 heterocycles. The Labute approximate surface area is 106 Å². The number of hydrogen-bond donors (Lipinski definition) is 2. The summed E-state index contributed by atoms with van der Waals surface area (Å²) in [4.78, 5) is 0. The van der Waals surface area contributed by atoms with Crippen molar-refractivity contribution >= 4 is 11.9 Å². The lowest BCUT2D eigenvalue weighted by atomic mass is 10.1. The lowest BCUT2D eigenvalue weighted by molar-refractivity contribution is 0.626. The average molecular weight is 242 g/mol. The van der Waals surface area contributed by atoms with Gasteiger partial charge in [-0.2, -0.15) is 0 Å². The third-order valence-corrected chi connectivity index (χ3v) is 2.73. The Kier molecular flexibility index (Phi) is 3.72. The highest BCUT2D eigenvalue weighted by Gasteiger charge is 2.01. The van der Waals surface area contributed by atoms with Gasteiger partial charge in [-0.25, -0.2) is 4.39 Å². The third-order valence-electron chi connectivity index (χ3n) is 2.73. The van der Waals surface area contributed by atoms with Gasteiger partial charge in [0.15, 0.2) is 0 Å². The molecule has 18 heavy (non-hydrogen) atoms. The summed E-state index contributed by atoms with van der Waals surface area (Å²) in [5.74, 6) is -0.231. The van der Waals surface area contributed by atoms with E-state index >= 15 is 0 Å². The maximum absolute atomic E-state index is 13.0. The monoisotopic (exact) mass is 242 g/mol. The van der Waals surface area contributed by atoms with Gasteiger partial charge in [-0.05, 0) is 36.8 Å². The Hall–Kier alpha value is -2.16. The highest BCUT2D eigenvalue weighted by molar-refractivity contribution is 5.86. The summed E-state index contributed by atoms with van der Waals surface area (Å²) in [6, 6.07) is 12.4. The van der Waals surface area contributed by atoms with Crippen LogP contribution in [-0.4, -0.2) is 6.21 Å². The maximum atomic E-state index is 13.0. The van der Waals surface area contributed by atoms with E-state index in [4.69, 9.17) is 5.41 Å². The first kappa shape index (κ1) is 12.3. The van der Waals surface area contributed by atoms with E-state index in [-0.39, 0.29) is 5.82 Å². The second-order valence-corrected chi connectivity index (χ2v) is 4.22. The lowest BCUT2D eigenvalue weighted by Crippen LogP contribution is -2.02. The van der Waals surface area contributed by atoms with E-state index in [2.05, 4.69) is 5.32 Å². The summed E-state index contributed by atoms with van der Waals surface area (Å²) >= 11 is 0. The second-order valence-electron chi connectivity index (χ2n) is 4.22. The standard InChI is InChI=1S/C15H15FN2/c1-11-5-6-15(13(7-11)9-17)18-10-12-3-2-4-14(16)8-12/h2-9,17-18H,10H2,1H3. The summed E-state index contributed by atoms with van der Waals surface area (Å²) in [6.45, 7) is 2.53. The van der Waals surface area contributed by atoms with Crippen molar-refractivity contribution in [3.8, 4) is 0 Å². The van der Waals surface area contributed by atoms with Crippen LogP contribution >= 0.6 is 0 Å². The zero-order valence-electron chi connectivity index (χ0n) is 10.2. The Morgan fingerprint density at radius 2 is 2.06 bits per heavy atom. The van der Waals surface area contributed by atoms with Gasteiger partial charge in [0.25, 0.3) is 0 Å². The van der Waals surface area contributed by atoms with Crippen LogP contribution < -0.4 is 5.32 Å². The van der Waals surface area contributed by atoms with Crippen LogP contribution in [0.3, 0.4) is 0 Å². The number of hydrogen-bond acceptors (Lipinski definition) is 2. The molecule has 0 fully saturated rings. The summed E-state index contributed by atoms with van der Waals surface area (Å²) in [5, 5.41) is 10.6. The fourth-order valence-corrected chi connectivity index (χ4v) is 1.81. The van der Waals surface area contributed by atoms with Crippen LogP contribution in [0.4, 0.5) is 10.1 Å². The summed E-state index contributed by atoms with van der Waals surface area (Å²) in [6.07, 6.45) is 1.32. The molecule has 0 saturated heterocycles. The van der Waals surface area contributed by atoms with Crippen LogP contribution in [0.2, 0.25) is 0 Å². The number of anilines is 1. The molecule has 0 saturated carbocycles. The minimum atomic E-state index is -0.231. The highest BCUT2D eigenvalue weighted by atomic mass is 19.1. The molecule has 2 N–H and O–H groups in total. The molecule has 92 valence electrons. The first-order valence-corrected chi connectivity index (χ1v) is 5.78. The summed E-state index contributed by atoms with van der Waals surface area (Å²) in [7, 11) is 0. The zero-order valence-corrected chi connectivity index (χ0v) is 10.2. The number of rotatable bonds is 4. The SMILES string of the molecule is Cc1ccc(NCc2cccc(F)c2)c(C=N)c1. The molecule has 0 radical (unpaired) electrons. The Balaban J connectivity index is 2.13. The minimum Gasteiger partial charge on any atom is -0.380 e. The van der Waals surface area contributed by atoms with Crippen molar-refractivity contribution in [2.75, 3.05) is 5.32 Å². The molecule has 2 rings (SSSR count). The Morgan fingerprint density at radius 1 is 1.22 bits per heavy atom. The van der Waals surface area contributed by atoms with Crippen molar-refractivity contribution in [1.29, 1.82) is 5.41 Å². The van der Waals surface area contributed by atoms with Gasteiger partial charge in [0.05, 0.1) is 0 Å². The molecule has 0 aliphatic heterocycles. The van der Waals surface area contributed by atoms with Gasteiger partial charge in [-0.1, -0.05) is 23.8 Å². The molecule has 2 aromatic rings. The fraction of sp³-hybridized carbons (Fsp3) is 0.133. The normalized spacial score (nSPS) is 10.1. The molecule has 2 aromatic carbocycles. The van der Waals surface area contributed by atoms with Crippen LogP contribution in [0.1, 0.15) is 16.7 Å². The highest BCUT2D eigenvalue weighted by Crippen LogP contribution is 2.16. The molecule has 0 aliphatic rings. The van der Waals surface area contributed by atoms with E-state index < -0.39 is 0 Å².